The van der Waals surface area contributed by atoms with Crippen LogP contribution < -0.4 is 4.90 Å². The second kappa shape index (κ2) is 5.40. The van der Waals surface area contributed by atoms with Gasteiger partial charge < -0.3 is 10.0 Å². The first-order valence-electron chi connectivity index (χ1n) is 5.88. The van der Waals surface area contributed by atoms with Crippen LogP contribution in [0.4, 0.5) is 5.69 Å². The summed E-state index contributed by atoms with van der Waals surface area (Å²) in [4.78, 5) is 23.9. The molecule has 0 saturated carbocycles. The summed E-state index contributed by atoms with van der Waals surface area (Å²) in [5.41, 5.74) is 1.85. The molecule has 2 rings (SSSR count). The maximum Gasteiger partial charge on any atom is 0.303 e. The van der Waals surface area contributed by atoms with E-state index in [0.717, 1.165) is 11.3 Å². The molecule has 5 heteroatoms. The molecule has 0 saturated heterocycles. The van der Waals surface area contributed by atoms with Gasteiger partial charge in [-0.15, -0.1) is 0 Å². The number of rotatable bonds is 5. The van der Waals surface area contributed by atoms with Gasteiger partial charge in [-0.05, 0) is 30.5 Å². The fourth-order valence-electron chi connectivity index (χ4n) is 2.12. The molecule has 0 unspecified atom stereocenters. The lowest BCUT2D eigenvalue weighted by molar-refractivity contribution is -0.137. The molecule has 1 aliphatic rings. The van der Waals surface area contributed by atoms with Crippen LogP contribution in [-0.4, -0.2) is 23.5 Å². The topological polar surface area (TPSA) is 57.6 Å². The summed E-state index contributed by atoms with van der Waals surface area (Å²) < 4.78 is 0. The third-order valence-corrected chi connectivity index (χ3v) is 3.24. The van der Waals surface area contributed by atoms with Crippen LogP contribution in [0.25, 0.3) is 0 Å². The van der Waals surface area contributed by atoms with E-state index >= 15 is 0 Å². The number of fused-ring (bicyclic) bond motifs is 1. The third kappa shape index (κ3) is 2.82. The van der Waals surface area contributed by atoms with E-state index in [4.69, 9.17) is 16.7 Å². The van der Waals surface area contributed by atoms with Crippen LogP contribution in [0.3, 0.4) is 0 Å². The van der Waals surface area contributed by atoms with Crippen molar-refractivity contribution in [2.45, 2.75) is 25.7 Å². The number of anilines is 1. The van der Waals surface area contributed by atoms with Gasteiger partial charge in [-0.2, -0.15) is 0 Å². The van der Waals surface area contributed by atoms with Crippen LogP contribution in [-0.2, 0) is 16.0 Å². The monoisotopic (exact) mass is 267 g/mol. The van der Waals surface area contributed by atoms with Crippen molar-refractivity contribution in [3.8, 4) is 0 Å². The molecule has 0 aromatic heterocycles. The lowest BCUT2D eigenvalue weighted by Crippen LogP contribution is -2.27. The Balaban J connectivity index is 1.99. The summed E-state index contributed by atoms with van der Waals surface area (Å²) in [5, 5.41) is 9.16. The Hall–Kier alpha value is -1.55. The SMILES string of the molecule is O=C(O)CCCCN1C(=O)Cc2ccc(Cl)cc21. The largest absolute Gasteiger partial charge is 0.481 e. The summed E-state index contributed by atoms with van der Waals surface area (Å²) in [6.07, 6.45) is 1.81. The smallest absolute Gasteiger partial charge is 0.303 e. The number of unbranched alkanes of at least 4 members (excludes halogenated alkanes) is 1. The Morgan fingerprint density at radius 1 is 1.39 bits per heavy atom. The number of hydrogen-bond donors (Lipinski definition) is 1. The van der Waals surface area contributed by atoms with E-state index in [0.29, 0.717) is 30.8 Å². The van der Waals surface area contributed by atoms with Gasteiger partial charge in [0.15, 0.2) is 0 Å². The van der Waals surface area contributed by atoms with Crippen LogP contribution in [0, 0.1) is 0 Å². The number of carboxylic acids is 1. The molecular formula is C13H14ClNO3. The van der Waals surface area contributed by atoms with Crippen molar-refractivity contribution in [3.63, 3.8) is 0 Å². The molecule has 1 aromatic rings. The van der Waals surface area contributed by atoms with Crippen LogP contribution in [0.5, 0.6) is 0 Å². The van der Waals surface area contributed by atoms with Crippen molar-refractivity contribution in [3.05, 3.63) is 28.8 Å². The molecule has 0 aliphatic carbocycles. The standard InChI is InChI=1S/C13H14ClNO3/c14-10-5-4-9-7-12(16)15(11(9)8-10)6-2-1-3-13(17)18/h4-5,8H,1-3,6-7H2,(H,17,18). The predicted octanol–water partition coefficient (Wildman–Crippen LogP) is 2.48. The summed E-state index contributed by atoms with van der Waals surface area (Å²) in [6.45, 7) is 0.555. The van der Waals surface area contributed by atoms with Gasteiger partial charge in [-0.1, -0.05) is 17.7 Å². The minimum absolute atomic E-state index is 0.0580. The molecule has 0 bridgehead atoms. The van der Waals surface area contributed by atoms with Gasteiger partial charge in [0.1, 0.15) is 0 Å². The zero-order valence-electron chi connectivity index (χ0n) is 9.86. The molecule has 1 heterocycles. The average molecular weight is 268 g/mol. The number of amides is 1. The first-order chi connectivity index (χ1) is 8.58. The van der Waals surface area contributed by atoms with E-state index in [1.54, 1.807) is 17.0 Å². The molecular weight excluding hydrogens is 254 g/mol. The van der Waals surface area contributed by atoms with E-state index in [1.807, 2.05) is 6.07 Å². The highest BCUT2D eigenvalue weighted by Gasteiger charge is 2.26. The minimum atomic E-state index is -0.800. The molecule has 0 atom stereocenters. The molecule has 96 valence electrons. The summed E-state index contributed by atoms with van der Waals surface area (Å²) in [5.74, 6) is -0.742. The highest BCUT2D eigenvalue weighted by atomic mass is 35.5. The number of aliphatic carboxylic acids is 1. The fraction of sp³-hybridized carbons (Fsp3) is 0.385. The van der Waals surface area contributed by atoms with Crippen LogP contribution in [0.2, 0.25) is 5.02 Å². The number of nitrogens with zero attached hydrogens (tertiary/aromatic N) is 1. The van der Waals surface area contributed by atoms with Crippen molar-refractivity contribution in [1.29, 1.82) is 0 Å². The second-order valence-electron chi connectivity index (χ2n) is 4.35. The van der Waals surface area contributed by atoms with E-state index in [-0.39, 0.29) is 12.3 Å². The fourth-order valence-corrected chi connectivity index (χ4v) is 2.29. The number of carboxylic acid groups (broad SMARTS) is 1. The van der Waals surface area contributed by atoms with E-state index in [1.165, 1.54) is 0 Å². The Labute approximate surface area is 110 Å². The minimum Gasteiger partial charge on any atom is -0.481 e. The zero-order chi connectivity index (χ0) is 13.1. The Kier molecular flexibility index (Phi) is 3.87. The van der Waals surface area contributed by atoms with Gasteiger partial charge in [-0.3, -0.25) is 9.59 Å². The molecule has 4 nitrogen and oxygen atoms in total. The van der Waals surface area contributed by atoms with Crippen molar-refractivity contribution < 1.29 is 14.7 Å². The van der Waals surface area contributed by atoms with Crippen molar-refractivity contribution >= 4 is 29.2 Å². The molecule has 1 amide bonds. The lowest BCUT2D eigenvalue weighted by Gasteiger charge is -2.17. The normalized spacial score (nSPS) is 13.8. The molecule has 0 spiro atoms. The molecule has 1 N–H and O–H groups in total. The zero-order valence-corrected chi connectivity index (χ0v) is 10.6. The number of benzene rings is 1. The predicted molar refractivity (Wildman–Crippen MR) is 69.0 cm³/mol. The molecule has 18 heavy (non-hydrogen) atoms. The van der Waals surface area contributed by atoms with Crippen molar-refractivity contribution in [1.82, 2.24) is 0 Å². The Bertz CT molecular complexity index is 487. The lowest BCUT2D eigenvalue weighted by atomic mass is 10.2. The highest BCUT2D eigenvalue weighted by Crippen LogP contribution is 2.31. The first kappa shape index (κ1) is 12.9. The van der Waals surface area contributed by atoms with Crippen LogP contribution in [0.15, 0.2) is 18.2 Å². The Morgan fingerprint density at radius 3 is 2.89 bits per heavy atom. The molecule has 0 fully saturated rings. The van der Waals surface area contributed by atoms with Crippen molar-refractivity contribution in [2.24, 2.45) is 0 Å². The third-order valence-electron chi connectivity index (χ3n) is 3.00. The van der Waals surface area contributed by atoms with Gasteiger partial charge in [0.05, 0.1) is 6.42 Å². The first-order valence-corrected chi connectivity index (χ1v) is 6.26. The maximum atomic E-state index is 11.8. The number of carbonyl (C=O) groups excluding carboxylic acids is 1. The summed E-state index contributed by atoms with van der Waals surface area (Å²) in [7, 11) is 0. The highest BCUT2D eigenvalue weighted by molar-refractivity contribution is 6.31. The van der Waals surface area contributed by atoms with Crippen LogP contribution >= 0.6 is 11.6 Å². The summed E-state index contributed by atoms with van der Waals surface area (Å²) >= 11 is 5.92. The van der Waals surface area contributed by atoms with E-state index in [2.05, 4.69) is 0 Å². The van der Waals surface area contributed by atoms with Gasteiger partial charge in [-0.25, -0.2) is 0 Å². The van der Waals surface area contributed by atoms with Crippen LogP contribution in [0.1, 0.15) is 24.8 Å². The Morgan fingerprint density at radius 2 is 2.17 bits per heavy atom. The van der Waals surface area contributed by atoms with Gasteiger partial charge in [0.25, 0.3) is 0 Å². The molecule has 1 aliphatic heterocycles. The van der Waals surface area contributed by atoms with Gasteiger partial charge >= 0.3 is 5.97 Å². The van der Waals surface area contributed by atoms with Gasteiger partial charge in [0.2, 0.25) is 5.91 Å². The number of carbonyl (C=O) groups is 2. The summed E-state index contributed by atoms with van der Waals surface area (Å²) in [6, 6.07) is 5.44. The molecule has 1 aromatic carbocycles. The number of hydrogen-bond acceptors (Lipinski definition) is 2. The quantitative estimate of drug-likeness (QED) is 0.834. The average Bonchev–Trinajstić information content (AvgIpc) is 2.60. The second-order valence-corrected chi connectivity index (χ2v) is 4.78. The van der Waals surface area contributed by atoms with Crippen molar-refractivity contribution in [2.75, 3.05) is 11.4 Å². The van der Waals surface area contributed by atoms with E-state index in [9.17, 15) is 9.59 Å². The number of halogens is 1. The van der Waals surface area contributed by atoms with E-state index < -0.39 is 5.97 Å². The molecule has 0 radical (unpaired) electrons. The van der Waals surface area contributed by atoms with Gasteiger partial charge in [0, 0.05) is 23.7 Å². The maximum absolute atomic E-state index is 11.8.